The molecule has 276 valence electrons. The SMILES string of the molecule is CN(C)C1CCN(C(=O)[C@@H]2Cc3ccccc3N2C(=O)CCN2CCC3(CCc4ccccc43)CC2)CC1.O=C(O)CC(O)(CC(=O)O)C(=O)O. The summed E-state index contributed by atoms with van der Waals surface area (Å²) in [7, 11) is 4.23. The second-order valence-electron chi connectivity index (χ2n) is 14.6. The van der Waals surface area contributed by atoms with Crippen molar-refractivity contribution in [3.05, 3.63) is 65.2 Å². The number of benzene rings is 2. The van der Waals surface area contributed by atoms with E-state index in [1.807, 2.05) is 28.0 Å². The van der Waals surface area contributed by atoms with Crippen LogP contribution in [0.2, 0.25) is 0 Å². The van der Waals surface area contributed by atoms with Gasteiger partial charge in [0.2, 0.25) is 11.8 Å². The molecule has 0 saturated carbocycles. The van der Waals surface area contributed by atoms with Crippen molar-refractivity contribution < 1.29 is 44.4 Å². The first-order chi connectivity index (χ1) is 24.2. The van der Waals surface area contributed by atoms with Gasteiger partial charge in [-0.05, 0) is 93.9 Å². The summed E-state index contributed by atoms with van der Waals surface area (Å²) in [4.78, 5) is 66.5. The van der Waals surface area contributed by atoms with Crippen molar-refractivity contribution in [2.45, 2.75) is 87.3 Å². The van der Waals surface area contributed by atoms with Gasteiger partial charge in [-0.15, -0.1) is 0 Å². The number of aliphatic carboxylic acids is 3. The van der Waals surface area contributed by atoms with Crippen molar-refractivity contribution >= 4 is 35.4 Å². The lowest BCUT2D eigenvalue weighted by molar-refractivity contribution is -0.170. The fourth-order valence-electron chi connectivity index (χ4n) is 8.28. The number of nitrogens with zero attached hydrogens (tertiary/aromatic N) is 4. The molecule has 13 heteroatoms. The number of hydrogen-bond donors (Lipinski definition) is 4. The summed E-state index contributed by atoms with van der Waals surface area (Å²) in [6.07, 6.45) is 5.60. The minimum Gasteiger partial charge on any atom is -0.481 e. The van der Waals surface area contributed by atoms with E-state index in [9.17, 15) is 24.0 Å². The molecule has 4 aliphatic rings. The molecule has 0 bridgehead atoms. The largest absolute Gasteiger partial charge is 0.481 e. The Balaban J connectivity index is 0.000000332. The topological polar surface area (TPSA) is 179 Å². The first-order valence-corrected chi connectivity index (χ1v) is 17.8. The van der Waals surface area contributed by atoms with Gasteiger partial charge in [0.05, 0.1) is 12.8 Å². The number of carbonyl (C=O) groups excluding carboxylic acids is 2. The first kappa shape index (κ1) is 37.9. The number of carboxylic acids is 3. The molecule has 3 aliphatic heterocycles. The summed E-state index contributed by atoms with van der Waals surface area (Å²) in [5, 5.41) is 33.8. The normalized spacial score (nSPS) is 20.0. The van der Waals surface area contributed by atoms with E-state index >= 15 is 0 Å². The van der Waals surface area contributed by atoms with Gasteiger partial charge in [0.15, 0.2) is 5.60 Å². The lowest BCUT2D eigenvalue weighted by Crippen LogP contribution is -2.53. The molecule has 1 spiro atoms. The van der Waals surface area contributed by atoms with Crippen LogP contribution in [0.15, 0.2) is 48.5 Å². The molecule has 2 aromatic carbocycles. The van der Waals surface area contributed by atoms with Gasteiger partial charge in [0.1, 0.15) is 6.04 Å². The number of anilines is 1. The molecule has 51 heavy (non-hydrogen) atoms. The summed E-state index contributed by atoms with van der Waals surface area (Å²) < 4.78 is 0. The molecule has 2 aromatic rings. The third-order valence-corrected chi connectivity index (χ3v) is 11.2. The van der Waals surface area contributed by atoms with Crippen LogP contribution in [0.5, 0.6) is 0 Å². The van der Waals surface area contributed by atoms with Crippen LogP contribution in [-0.4, -0.2) is 129 Å². The molecule has 4 N–H and O–H groups in total. The number of para-hydroxylation sites is 1. The Morgan fingerprint density at radius 3 is 2.00 bits per heavy atom. The van der Waals surface area contributed by atoms with E-state index < -0.39 is 42.4 Å². The Morgan fingerprint density at radius 1 is 0.824 bits per heavy atom. The summed E-state index contributed by atoms with van der Waals surface area (Å²) in [6, 6.07) is 17.2. The van der Waals surface area contributed by atoms with Crippen LogP contribution >= 0.6 is 0 Å². The standard InChI is InChI=1S/C32H42N4O2.C6H8O7/c1-33(2)26-12-19-35(20-13-26)31(38)29-23-25-8-4-6-10-28(25)36(29)30(37)14-18-34-21-16-32(17-22-34)15-11-24-7-3-5-9-27(24)32;7-3(8)1-6(13,5(11)12)2-4(9)10/h3-10,26,29H,11-23H2,1-2H3;13H,1-2H2,(H,7,8)(H,9,10)(H,11,12)/t29-;/m0./s1. The van der Waals surface area contributed by atoms with E-state index in [0.717, 1.165) is 56.8 Å². The Bertz CT molecular complexity index is 1600. The molecule has 1 aliphatic carbocycles. The summed E-state index contributed by atoms with van der Waals surface area (Å²) in [6.45, 7) is 4.40. The highest BCUT2D eigenvalue weighted by Gasteiger charge is 2.43. The van der Waals surface area contributed by atoms with Gasteiger partial charge in [-0.1, -0.05) is 42.5 Å². The number of aliphatic hydroxyl groups is 1. The molecular weight excluding hydrogens is 656 g/mol. The average molecular weight is 707 g/mol. The fourth-order valence-corrected chi connectivity index (χ4v) is 8.28. The van der Waals surface area contributed by atoms with Crippen molar-refractivity contribution in [3.63, 3.8) is 0 Å². The van der Waals surface area contributed by atoms with E-state index in [1.165, 1.54) is 31.2 Å². The third-order valence-electron chi connectivity index (χ3n) is 11.2. The van der Waals surface area contributed by atoms with Crippen molar-refractivity contribution in [2.24, 2.45) is 0 Å². The number of hydrogen-bond acceptors (Lipinski definition) is 8. The molecular formula is C38H50N4O9. The first-order valence-electron chi connectivity index (χ1n) is 17.8. The minimum atomic E-state index is -2.74. The molecule has 0 aromatic heterocycles. The maximum atomic E-state index is 13.7. The van der Waals surface area contributed by atoms with Crippen LogP contribution in [0.3, 0.4) is 0 Å². The van der Waals surface area contributed by atoms with Crippen LogP contribution in [0.1, 0.15) is 68.1 Å². The number of rotatable bonds is 10. The van der Waals surface area contributed by atoms with Gasteiger partial charge >= 0.3 is 17.9 Å². The van der Waals surface area contributed by atoms with Crippen molar-refractivity contribution in [1.29, 1.82) is 0 Å². The number of piperidine rings is 2. The Morgan fingerprint density at radius 2 is 1.41 bits per heavy atom. The molecule has 0 radical (unpaired) electrons. The number of amides is 2. The highest BCUT2D eigenvalue weighted by molar-refractivity contribution is 6.03. The van der Waals surface area contributed by atoms with Crippen LogP contribution < -0.4 is 4.90 Å². The molecule has 2 fully saturated rings. The van der Waals surface area contributed by atoms with Crippen LogP contribution in [0, 0.1) is 0 Å². The fraction of sp³-hybridized carbons (Fsp3) is 0.553. The lowest BCUT2D eigenvalue weighted by Gasteiger charge is -2.40. The van der Waals surface area contributed by atoms with Gasteiger partial charge < -0.3 is 35.1 Å². The Kier molecular flexibility index (Phi) is 11.8. The highest BCUT2D eigenvalue weighted by Crippen LogP contribution is 2.46. The third kappa shape index (κ3) is 8.59. The van der Waals surface area contributed by atoms with Gasteiger partial charge in [0, 0.05) is 44.2 Å². The zero-order chi connectivity index (χ0) is 36.9. The number of carbonyl (C=O) groups is 5. The number of likely N-dealkylation sites (tertiary alicyclic amines) is 2. The predicted octanol–water partition coefficient (Wildman–Crippen LogP) is 2.62. The van der Waals surface area contributed by atoms with E-state index in [0.29, 0.717) is 24.3 Å². The maximum absolute atomic E-state index is 13.7. The summed E-state index contributed by atoms with van der Waals surface area (Å²) >= 11 is 0. The van der Waals surface area contributed by atoms with Gasteiger partial charge in [-0.25, -0.2) is 4.79 Å². The zero-order valence-electron chi connectivity index (χ0n) is 29.5. The van der Waals surface area contributed by atoms with E-state index in [2.05, 4.69) is 54.2 Å². The average Bonchev–Trinajstić information content (AvgIpc) is 3.66. The molecule has 2 saturated heterocycles. The molecule has 2 amide bonds. The molecule has 13 nitrogen and oxygen atoms in total. The number of carboxylic acid groups (broad SMARTS) is 3. The quantitative estimate of drug-likeness (QED) is 0.286. The van der Waals surface area contributed by atoms with E-state index in [1.54, 1.807) is 5.56 Å². The number of aryl methyl sites for hydroxylation is 1. The van der Waals surface area contributed by atoms with Crippen LogP contribution in [0.25, 0.3) is 0 Å². The smallest absolute Gasteiger partial charge is 0.336 e. The van der Waals surface area contributed by atoms with Gasteiger partial charge in [-0.2, -0.15) is 0 Å². The van der Waals surface area contributed by atoms with Crippen molar-refractivity contribution in [1.82, 2.24) is 14.7 Å². The van der Waals surface area contributed by atoms with Gasteiger partial charge in [-0.3, -0.25) is 24.1 Å². The number of fused-ring (bicyclic) bond motifs is 3. The summed E-state index contributed by atoms with van der Waals surface area (Å²) in [5.41, 5.74) is 2.74. The molecule has 0 unspecified atom stereocenters. The predicted molar refractivity (Wildman–Crippen MR) is 189 cm³/mol. The lowest BCUT2D eigenvalue weighted by atomic mass is 9.74. The maximum Gasteiger partial charge on any atom is 0.336 e. The second-order valence-corrected chi connectivity index (χ2v) is 14.6. The summed E-state index contributed by atoms with van der Waals surface area (Å²) in [5.74, 6) is -4.82. The van der Waals surface area contributed by atoms with Crippen LogP contribution in [0.4, 0.5) is 5.69 Å². The Labute approximate surface area is 298 Å². The van der Waals surface area contributed by atoms with E-state index in [4.69, 9.17) is 20.4 Å². The zero-order valence-corrected chi connectivity index (χ0v) is 29.5. The van der Waals surface area contributed by atoms with Gasteiger partial charge in [0.25, 0.3) is 0 Å². The molecule has 1 atom stereocenters. The van der Waals surface area contributed by atoms with Crippen LogP contribution in [-0.2, 0) is 42.2 Å². The monoisotopic (exact) mass is 706 g/mol. The second kappa shape index (κ2) is 15.9. The Hall–Kier alpha value is -4.33. The molecule has 6 rings (SSSR count). The highest BCUT2D eigenvalue weighted by atomic mass is 16.4. The van der Waals surface area contributed by atoms with E-state index in [-0.39, 0.29) is 11.8 Å². The van der Waals surface area contributed by atoms with Crippen molar-refractivity contribution in [3.8, 4) is 0 Å². The minimum absolute atomic E-state index is 0.0861. The molecule has 3 heterocycles. The van der Waals surface area contributed by atoms with Crippen molar-refractivity contribution in [2.75, 3.05) is 51.7 Å².